The fourth-order valence-electron chi connectivity index (χ4n) is 3.26. The van der Waals surface area contributed by atoms with Gasteiger partial charge in [-0.15, -0.1) is 0 Å². The summed E-state index contributed by atoms with van der Waals surface area (Å²) in [6.07, 6.45) is 2.33. The number of nitrogens with one attached hydrogen (secondary N) is 1. The summed E-state index contributed by atoms with van der Waals surface area (Å²) in [6.45, 7) is 3.76. The predicted molar refractivity (Wildman–Crippen MR) is 113 cm³/mol. The Labute approximate surface area is 174 Å². The molecule has 0 bridgehead atoms. The lowest BCUT2D eigenvalue weighted by Crippen LogP contribution is -2.32. The third-order valence-electron chi connectivity index (χ3n) is 5.10. The van der Waals surface area contributed by atoms with E-state index in [0.29, 0.717) is 5.69 Å². The number of benzene rings is 2. The van der Waals surface area contributed by atoms with E-state index in [0.717, 1.165) is 30.8 Å². The van der Waals surface area contributed by atoms with Crippen molar-refractivity contribution >= 4 is 34.6 Å². The third-order valence-corrected chi connectivity index (χ3v) is 5.10. The number of nitro benzene ring substituents is 1. The molecular formula is C21H24N4O5. The number of nitrogen functional groups attached to an aromatic ring is 1. The number of amides is 1. The van der Waals surface area contributed by atoms with Crippen LogP contribution in [0.25, 0.3) is 0 Å². The van der Waals surface area contributed by atoms with Crippen molar-refractivity contribution in [1.29, 1.82) is 0 Å². The predicted octanol–water partition coefficient (Wildman–Crippen LogP) is 3.21. The highest BCUT2D eigenvalue weighted by atomic mass is 16.6. The molecule has 0 spiro atoms. The average molecular weight is 412 g/mol. The molecule has 0 atom stereocenters. The zero-order valence-corrected chi connectivity index (χ0v) is 16.7. The minimum absolute atomic E-state index is 0.0358. The molecule has 3 rings (SSSR count). The van der Waals surface area contributed by atoms with Crippen LogP contribution in [0, 0.1) is 16.0 Å². The van der Waals surface area contributed by atoms with Gasteiger partial charge in [-0.05, 0) is 49.1 Å². The number of nitrogens with two attached hydrogens (primary N) is 1. The Bertz CT molecular complexity index is 937. The summed E-state index contributed by atoms with van der Waals surface area (Å²) >= 11 is 0. The number of nitrogens with zero attached hydrogens (tertiary/aromatic N) is 2. The van der Waals surface area contributed by atoms with Crippen LogP contribution >= 0.6 is 0 Å². The van der Waals surface area contributed by atoms with E-state index in [1.165, 1.54) is 25.0 Å². The third kappa shape index (κ3) is 5.25. The molecule has 1 aliphatic rings. The number of rotatable bonds is 6. The number of ether oxygens (including phenoxy) is 1. The monoisotopic (exact) mass is 412 g/mol. The Morgan fingerprint density at radius 2 is 1.87 bits per heavy atom. The van der Waals surface area contributed by atoms with Crippen molar-refractivity contribution in [2.24, 2.45) is 5.92 Å². The quantitative estimate of drug-likeness (QED) is 0.323. The second-order valence-corrected chi connectivity index (χ2v) is 7.37. The van der Waals surface area contributed by atoms with Crippen molar-refractivity contribution in [3.63, 3.8) is 0 Å². The van der Waals surface area contributed by atoms with Crippen LogP contribution in [-0.2, 0) is 9.53 Å². The number of piperidine rings is 1. The molecular weight excluding hydrogens is 388 g/mol. The van der Waals surface area contributed by atoms with E-state index in [1.54, 1.807) is 12.1 Å². The van der Waals surface area contributed by atoms with Crippen molar-refractivity contribution in [3.05, 3.63) is 58.1 Å². The minimum atomic E-state index is -0.902. The lowest BCUT2D eigenvalue weighted by molar-refractivity contribution is -0.384. The summed E-state index contributed by atoms with van der Waals surface area (Å²) in [6, 6.07) is 10.9. The van der Waals surface area contributed by atoms with E-state index < -0.39 is 23.4 Å². The van der Waals surface area contributed by atoms with Crippen molar-refractivity contribution in [1.82, 2.24) is 0 Å². The molecule has 9 heteroatoms. The first kappa shape index (κ1) is 21.1. The highest BCUT2D eigenvalue weighted by Crippen LogP contribution is 2.24. The summed E-state index contributed by atoms with van der Waals surface area (Å²) in [5, 5.41) is 13.5. The second-order valence-electron chi connectivity index (χ2n) is 7.37. The van der Waals surface area contributed by atoms with Crippen LogP contribution in [0.3, 0.4) is 0 Å². The van der Waals surface area contributed by atoms with Gasteiger partial charge in [0.15, 0.2) is 6.61 Å². The number of anilines is 3. The van der Waals surface area contributed by atoms with Gasteiger partial charge in [-0.25, -0.2) is 4.79 Å². The molecule has 1 fully saturated rings. The van der Waals surface area contributed by atoms with Crippen molar-refractivity contribution in [2.75, 3.05) is 35.6 Å². The standard InChI is InChI=1S/C21H24N4O5/c1-14-8-10-24(11-9-14)16-4-2-15(3-5-16)23-20(26)13-30-21(27)18-12-17(25(28)29)6-7-19(18)22/h2-7,12,14H,8-11,13,22H2,1H3,(H,23,26). The normalized spacial score (nSPS) is 14.2. The Balaban J connectivity index is 1.53. The van der Waals surface area contributed by atoms with Crippen LogP contribution in [0.4, 0.5) is 22.7 Å². The second kappa shape index (κ2) is 9.25. The van der Waals surface area contributed by atoms with Gasteiger partial charge in [0.25, 0.3) is 11.6 Å². The van der Waals surface area contributed by atoms with Gasteiger partial charge in [-0.3, -0.25) is 14.9 Å². The first-order valence-corrected chi connectivity index (χ1v) is 9.69. The molecule has 158 valence electrons. The molecule has 3 N–H and O–H groups in total. The highest BCUT2D eigenvalue weighted by molar-refractivity contribution is 5.98. The summed E-state index contributed by atoms with van der Waals surface area (Å²) in [5.74, 6) is -0.673. The van der Waals surface area contributed by atoms with Gasteiger partial charge in [0, 0.05) is 42.3 Å². The molecule has 0 saturated carbocycles. The summed E-state index contributed by atoms with van der Waals surface area (Å²) < 4.78 is 4.94. The first-order chi connectivity index (χ1) is 14.3. The lowest BCUT2D eigenvalue weighted by atomic mass is 9.99. The smallest absolute Gasteiger partial charge is 0.341 e. The van der Waals surface area contributed by atoms with Crippen molar-refractivity contribution in [2.45, 2.75) is 19.8 Å². The Morgan fingerprint density at radius 3 is 2.50 bits per heavy atom. The van der Waals surface area contributed by atoms with E-state index in [9.17, 15) is 19.7 Å². The summed E-state index contributed by atoms with van der Waals surface area (Å²) in [4.78, 5) is 36.7. The van der Waals surface area contributed by atoms with E-state index in [-0.39, 0.29) is 16.9 Å². The van der Waals surface area contributed by atoms with Gasteiger partial charge in [-0.2, -0.15) is 0 Å². The molecule has 0 aliphatic carbocycles. The van der Waals surface area contributed by atoms with Gasteiger partial charge in [0.1, 0.15) is 0 Å². The van der Waals surface area contributed by atoms with E-state index in [2.05, 4.69) is 17.1 Å². The average Bonchev–Trinajstić information content (AvgIpc) is 2.73. The van der Waals surface area contributed by atoms with Gasteiger partial charge >= 0.3 is 5.97 Å². The summed E-state index contributed by atoms with van der Waals surface area (Å²) in [5.41, 5.74) is 6.96. The molecule has 30 heavy (non-hydrogen) atoms. The van der Waals surface area contributed by atoms with Crippen molar-refractivity contribution in [3.8, 4) is 0 Å². The summed E-state index contributed by atoms with van der Waals surface area (Å²) in [7, 11) is 0. The molecule has 0 unspecified atom stereocenters. The van der Waals surface area contributed by atoms with Crippen LogP contribution in [0.15, 0.2) is 42.5 Å². The number of hydrogen-bond acceptors (Lipinski definition) is 7. The number of nitro groups is 1. The van der Waals surface area contributed by atoms with Gasteiger partial charge in [0.2, 0.25) is 0 Å². The van der Waals surface area contributed by atoms with Crippen LogP contribution in [0.1, 0.15) is 30.1 Å². The Kier molecular flexibility index (Phi) is 6.51. The van der Waals surface area contributed by atoms with Gasteiger partial charge in [0.05, 0.1) is 10.5 Å². The van der Waals surface area contributed by atoms with Gasteiger partial charge in [-0.1, -0.05) is 6.92 Å². The molecule has 1 aliphatic heterocycles. The number of carbonyl (C=O) groups excluding carboxylic acids is 2. The number of hydrogen-bond donors (Lipinski definition) is 2. The zero-order valence-electron chi connectivity index (χ0n) is 16.7. The number of carbonyl (C=O) groups is 2. The van der Waals surface area contributed by atoms with Gasteiger partial charge < -0.3 is 20.7 Å². The van der Waals surface area contributed by atoms with E-state index in [1.807, 2.05) is 12.1 Å². The largest absolute Gasteiger partial charge is 0.452 e. The molecule has 2 aromatic rings. The van der Waals surface area contributed by atoms with E-state index in [4.69, 9.17) is 10.5 Å². The molecule has 0 radical (unpaired) electrons. The molecule has 9 nitrogen and oxygen atoms in total. The highest BCUT2D eigenvalue weighted by Gasteiger charge is 2.18. The fourth-order valence-corrected chi connectivity index (χ4v) is 3.26. The topological polar surface area (TPSA) is 128 Å². The molecule has 1 saturated heterocycles. The first-order valence-electron chi connectivity index (χ1n) is 9.69. The Hall–Kier alpha value is -3.62. The maximum absolute atomic E-state index is 12.1. The maximum Gasteiger partial charge on any atom is 0.341 e. The van der Waals surface area contributed by atoms with Crippen molar-refractivity contribution < 1.29 is 19.2 Å². The Morgan fingerprint density at radius 1 is 1.20 bits per heavy atom. The fraction of sp³-hybridized carbons (Fsp3) is 0.333. The van der Waals surface area contributed by atoms with Crippen LogP contribution in [0.2, 0.25) is 0 Å². The maximum atomic E-state index is 12.1. The van der Waals surface area contributed by atoms with E-state index >= 15 is 0 Å². The number of esters is 1. The van der Waals surface area contributed by atoms with Crippen LogP contribution in [0.5, 0.6) is 0 Å². The van der Waals surface area contributed by atoms with Crippen LogP contribution < -0.4 is 16.0 Å². The molecule has 1 amide bonds. The molecule has 2 aromatic carbocycles. The minimum Gasteiger partial charge on any atom is -0.452 e. The van der Waals surface area contributed by atoms with Crippen LogP contribution in [-0.4, -0.2) is 36.5 Å². The molecule has 1 heterocycles. The number of non-ortho nitro benzene ring substituents is 1. The zero-order chi connectivity index (χ0) is 21.7. The SMILES string of the molecule is CC1CCN(c2ccc(NC(=O)COC(=O)c3cc([N+](=O)[O-])ccc3N)cc2)CC1. The molecule has 0 aromatic heterocycles. The lowest BCUT2D eigenvalue weighted by Gasteiger charge is -2.32.